The van der Waals surface area contributed by atoms with Gasteiger partial charge in [-0.25, -0.2) is 0 Å². The summed E-state index contributed by atoms with van der Waals surface area (Å²) < 4.78 is 0. The molecule has 0 aromatic heterocycles. The molecule has 2 heterocycles. The normalized spacial score (nSPS) is 28.3. The average molecular weight is 370 g/mol. The molecule has 3 rings (SSSR count). The van der Waals surface area contributed by atoms with Gasteiger partial charge in [-0.15, -0.1) is 0 Å². The molecule has 8 heteroatoms. The molecule has 2 amide bonds. The molecule has 25 heavy (non-hydrogen) atoms. The summed E-state index contributed by atoms with van der Waals surface area (Å²) in [6.07, 6.45) is 2.58. The van der Waals surface area contributed by atoms with Gasteiger partial charge in [-0.2, -0.15) is 0 Å². The van der Waals surface area contributed by atoms with Gasteiger partial charge in [-0.3, -0.25) is 9.59 Å². The summed E-state index contributed by atoms with van der Waals surface area (Å²) in [5.41, 5.74) is 0. The molecule has 0 bridgehead atoms. The first-order valence-corrected chi connectivity index (χ1v) is 9.02. The van der Waals surface area contributed by atoms with Crippen molar-refractivity contribution in [2.75, 3.05) is 39.8 Å². The number of likely N-dealkylation sites (N-methyl/N-ethyl adjacent to an activating group) is 1. The van der Waals surface area contributed by atoms with Crippen LogP contribution in [0.1, 0.15) is 19.3 Å². The monoisotopic (exact) mass is 369 g/mol. The van der Waals surface area contributed by atoms with Crippen molar-refractivity contribution >= 4 is 23.4 Å². The maximum absolute atomic E-state index is 12.9. The molecule has 7 nitrogen and oxygen atoms in total. The molecule has 1 aliphatic carbocycles. The molecule has 0 aromatic rings. The Labute approximate surface area is 152 Å². The van der Waals surface area contributed by atoms with Crippen molar-refractivity contribution in [3.05, 3.63) is 22.6 Å². The van der Waals surface area contributed by atoms with Crippen LogP contribution in [-0.2, 0) is 9.59 Å². The molecule has 0 radical (unpaired) electrons. The number of hydrogen-bond donors (Lipinski definition) is 2. The van der Waals surface area contributed by atoms with E-state index in [1.165, 1.54) is 0 Å². The number of hydrogen-bond acceptors (Lipinski definition) is 5. The third kappa shape index (κ3) is 3.62. The highest BCUT2D eigenvalue weighted by molar-refractivity contribution is 6.30. The second-order valence-electron chi connectivity index (χ2n) is 6.93. The summed E-state index contributed by atoms with van der Waals surface area (Å²) in [6.45, 7) is 3.51. The fourth-order valence-corrected chi connectivity index (χ4v) is 3.85. The Morgan fingerprint density at radius 2 is 1.80 bits per heavy atom. The van der Waals surface area contributed by atoms with Crippen LogP contribution in [0.15, 0.2) is 22.6 Å². The van der Waals surface area contributed by atoms with Gasteiger partial charge in [-0.05, 0) is 19.9 Å². The van der Waals surface area contributed by atoms with E-state index in [9.17, 15) is 19.8 Å². The Morgan fingerprint density at radius 3 is 2.48 bits per heavy atom. The fourth-order valence-electron chi connectivity index (χ4n) is 3.65. The quantitative estimate of drug-likeness (QED) is 0.764. The third-order valence-corrected chi connectivity index (χ3v) is 5.58. The van der Waals surface area contributed by atoms with Crippen LogP contribution in [0.5, 0.6) is 0 Å². The van der Waals surface area contributed by atoms with Crippen LogP contribution in [0, 0.1) is 5.92 Å². The summed E-state index contributed by atoms with van der Waals surface area (Å²) in [5.74, 6) is -1.56. The van der Waals surface area contributed by atoms with E-state index in [4.69, 9.17) is 11.6 Å². The first-order chi connectivity index (χ1) is 11.9. The second-order valence-corrected chi connectivity index (χ2v) is 7.39. The van der Waals surface area contributed by atoms with Crippen molar-refractivity contribution in [1.29, 1.82) is 0 Å². The highest BCUT2D eigenvalue weighted by Crippen LogP contribution is 2.33. The molecule has 0 spiro atoms. The number of likely N-dealkylation sites (tertiary alicyclic amines) is 1. The number of carbonyl (C=O) groups is 2. The molecule has 2 aliphatic heterocycles. The maximum atomic E-state index is 12.9. The zero-order valence-corrected chi connectivity index (χ0v) is 15.1. The molecule has 1 unspecified atom stereocenters. The van der Waals surface area contributed by atoms with E-state index in [0.29, 0.717) is 26.1 Å². The lowest BCUT2D eigenvalue weighted by Crippen LogP contribution is -2.54. The van der Waals surface area contributed by atoms with E-state index in [0.717, 1.165) is 25.6 Å². The summed E-state index contributed by atoms with van der Waals surface area (Å²) in [5, 5.41) is 19.8. The van der Waals surface area contributed by atoms with Crippen molar-refractivity contribution in [3.8, 4) is 0 Å². The zero-order valence-electron chi connectivity index (χ0n) is 14.3. The van der Waals surface area contributed by atoms with E-state index in [2.05, 4.69) is 4.90 Å². The number of nitrogens with zero attached hydrogens (tertiary/aromatic N) is 3. The molecule has 2 atom stereocenters. The van der Waals surface area contributed by atoms with E-state index in [1.807, 2.05) is 11.9 Å². The van der Waals surface area contributed by atoms with Gasteiger partial charge >= 0.3 is 0 Å². The number of allylic oxidation sites excluding steroid dienone is 2. The Hall–Kier alpha value is -1.73. The van der Waals surface area contributed by atoms with Crippen molar-refractivity contribution in [2.45, 2.75) is 25.3 Å². The first-order valence-electron chi connectivity index (χ1n) is 8.64. The SMILES string of the molecule is CN1CCN(C(=O)[C@H]2CCCN2C(=O)C2CC(Cl)=C(O)C=C2O)CC1. The van der Waals surface area contributed by atoms with Crippen LogP contribution in [0.2, 0.25) is 0 Å². The van der Waals surface area contributed by atoms with Gasteiger partial charge in [0.05, 0.1) is 5.03 Å². The Kier molecular flexibility index (Phi) is 5.24. The minimum atomic E-state index is -0.829. The molecule has 0 aromatic carbocycles. The molecule has 2 N–H and O–H groups in total. The first kappa shape index (κ1) is 18.1. The number of carbonyl (C=O) groups excluding carboxylic acids is 2. The van der Waals surface area contributed by atoms with Crippen LogP contribution in [0.25, 0.3) is 0 Å². The number of aliphatic hydroxyl groups is 2. The summed E-state index contributed by atoms with van der Waals surface area (Å²) in [7, 11) is 2.03. The summed E-state index contributed by atoms with van der Waals surface area (Å²) in [6, 6.07) is -0.470. The lowest BCUT2D eigenvalue weighted by atomic mass is 9.95. The molecular weight excluding hydrogens is 346 g/mol. The molecule has 2 saturated heterocycles. The zero-order chi connectivity index (χ0) is 18.1. The van der Waals surface area contributed by atoms with Gasteiger partial charge in [-0.1, -0.05) is 11.6 Å². The predicted octanol–water partition coefficient (Wildman–Crippen LogP) is 1.22. The van der Waals surface area contributed by atoms with Gasteiger partial charge in [0.15, 0.2) is 0 Å². The van der Waals surface area contributed by atoms with Gasteiger partial charge < -0.3 is 24.9 Å². The van der Waals surface area contributed by atoms with E-state index in [-0.39, 0.29) is 34.8 Å². The van der Waals surface area contributed by atoms with E-state index < -0.39 is 12.0 Å². The lowest BCUT2D eigenvalue weighted by Gasteiger charge is -2.36. The average Bonchev–Trinajstić information content (AvgIpc) is 3.07. The van der Waals surface area contributed by atoms with Crippen LogP contribution < -0.4 is 0 Å². The molecule has 3 aliphatic rings. The van der Waals surface area contributed by atoms with Crippen LogP contribution in [0.4, 0.5) is 0 Å². The van der Waals surface area contributed by atoms with Crippen molar-refractivity contribution in [1.82, 2.24) is 14.7 Å². The number of rotatable bonds is 2. The van der Waals surface area contributed by atoms with Crippen LogP contribution in [0.3, 0.4) is 0 Å². The van der Waals surface area contributed by atoms with Gasteiger partial charge in [0.25, 0.3) is 0 Å². The van der Waals surface area contributed by atoms with E-state index in [1.54, 1.807) is 4.90 Å². The highest BCUT2D eigenvalue weighted by atomic mass is 35.5. The van der Waals surface area contributed by atoms with Gasteiger partial charge in [0.2, 0.25) is 11.8 Å². The maximum Gasteiger partial charge on any atom is 0.245 e. The predicted molar refractivity (Wildman–Crippen MR) is 93.1 cm³/mol. The topological polar surface area (TPSA) is 84.3 Å². The molecule has 2 fully saturated rings. The summed E-state index contributed by atoms with van der Waals surface area (Å²) in [4.78, 5) is 31.3. The molecule has 0 saturated carbocycles. The number of halogens is 1. The summed E-state index contributed by atoms with van der Waals surface area (Å²) >= 11 is 5.94. The lowest BCUT2D eigenvalue weighted by molar-refractivity contribution is -0.146. The van der Waals surface area contributed by atoms with Crippen molar-refractivity contribution in [3.63, 3.8) is 0 Å². The Balaban J connectivity index is 1.70. The van der Waals surface area contributed by atoms with Crippen LogP contribution in [-0.4, -0.2) is 82.5 Å². The fraction of sp³-hybridized carbons (Fsp3) is 0.647. The van der Waals surface area contributed by atoms with Crippen molar-refractivity contribution in [2.24, 2.45) is 5.92 Å². The Morgan fingerprint density at radius 1 is 1.12 bits per heavy atom. The molecular formula is C17H24ClN3O4. The highest BCUT2D eigenvalue weighted by Gasteiger charge is 2.41. The number of aliphatic hydroxyl groups excluding tert-OH is 2. The third-order valence-electron chi connectivity index (χ3n) is 5.24. The van der Waals surface area contributed by atoms with Crippen LogP contribution >= 0.6 is 11.6 Å². The number of piperazine rings is 1. The molecule has 138 valence electrons. The Bertz CT molecular complexity index is 625. The standard InChI is InChI=1S/C17H24ClN3O4/c1-19-5-7-20(8-6-19)17(25)13-3-2-4-21(13)16(24)11-9-12(18)15(23)10-14(11)22/h10-11,13,22-23H,2-9H2,1H3/t11?,13-/m1/s1. The smallest absolute Gasteiger partial charge is 0.245 e. The largest absolute Gasteiger partial charge is 0.511 e. The number of amides is 2. The van der Waals surface area contributed by atoms with Gasteiger partial charge in [0, 0.05) is 45.2 Å². The minimum absolute atomic E-state index is 0.0114. The minimum Gasteiger partial charge on any atom is -0.511 e. The second kappa shape index (κ2) is 7.25. The van der Waals surface area contributed by atoms with E-state index >= 15 is 0 Å². The van der Waals surface area contributed by atoms with Gasteiger partial charge in [0.1, 0.15) is 23.5 Å². The van der Waals surface area contributed by atoms with Crippen molar-refractivity contribution < 1.29 is 19.8 Å².